The van der Waals surface area contributed by atoms with Crippen LogP contribution in [0.1, 0.15) is 40.2 Å². The number of ether oxygens (including phenoxy) is 5. The summed E-state index contributed by atoms with van der Waals surface area (Å²) in [7, 11) is -0.389. The molecule has 1 unspecified atom stereocenters. The first-order valence-corrected chi connectivity index (χ1v) is 13.2. The maximum Gasteiger partial charge on any atom is 0.222 e. The van der Waals surface area contributed by atoms with Gasteiger partial charge in [0, 0.05) is 7.11 Å². The second kappa shape index (κ2) is 8.03. The smallest absolute Gasteiger partial charge is 0.222 e. The molecule has 7 heteroatoms. The molecule has 2 aliphatic heterocycles. The van der Waals surface area contributed by atoms with E-state index in [9.17, 15) is 0 Å². The lowest BCUT2D eigenvalue weighted by Gasteiger charge is -2.41. The van der Waals surface area contributed by atoms with Crippen molar-refractivity contribution in [2.24, 2.45) is 0 Å². The first-order chi connectivity index (χ1) is 13.4. The largest absolute Gasteiger partial charge is 0.411 e. The van der Waals surface area contributed by atoms with Crippen LogP contribution in [0.4, 0.5) is 0 Å². The van der Waals surface area contributed by atoms with Gasteiger partial charge in [-0.3, -0.25) is 0 Å². The van der Waals surface area contributed by atoms with E-state index < -0.39 is 38.4 Å². The highest BCUT2D eigenvalue weighted by Gasteiger charge is 2.64. The lowest BCUT2D eigenvalue weighted by molar-refractivity contribution is -0.322. The first kappa shape index (κ1) is 22.9. The van der Waals surface area contributed by atoms with Crippen LogP contribution < -0.4 is 0 Å². The van der Waals surface area contributed by atoms with Crippen molar-refractivity contribution >= 4 is 8.32 Å². The highest BCUT2D eigenvalue weighted by Crippen LogP contribution is 2.46. The molecule has 2 fully saturated rings. The number of hydrogen-bond acceptors (Lipinski definition) is 6. The van der Waals surface area contributed by atoms with Crippen LogP contribution >= 0.6 is 0 Å². The summed E-state index contributed by atoms with van der Waals surface area (Å²) in [5.74, 6) is -1.82. The summed E-state index contributed by atoms with van der Waals surface area (Å²) in [6.07, 6.45) is -1.44. The predicted octanol–water partition coefficient (Wildman–Crippen LogP) is 4.44. The van der Waals surface area contributed by atoms with Crippen LogP contribution in [-0.2, 0) is 34.7 Å². The Hall–Kier alpha value is -0.803. The molecule has 1 aromatic rings. The van der Waals surface area contributed by atoms with Crippen LogP contribution in [0.3, 0.4) is 0 Å². The zero-order chi connectivity index (χ0) is 21.5. The molecule has 29 heavy (non-hydrogen) atoms. The molecule has 0 amide bonds. The molecule has 4 atom stereocenters. The van der Waals surface area contributed by atoms with Crippen LogP contribution in [0.25, 0.3) is 0 Å². The summed E-state index contributed by atoms with van der Waals surface area (Å²) in [5.41, 5.74) is 1.07. The van der Waals surface area contributed by atoms with Crippen molar-refractivity contribution in [3.8, 4) is 0 Å². The van der Waals surface area contributed by atoms with Gasteiger partial charge in [-0.15, -0.1) is 0 Å². The third-order valence-corrected chi connectivity index (χ3v) is 10.7. The minimum absolute atomic E-state index is 0.0752. The van der Waals surface area contributed by atoms with Crippen LogP contribution in [0.5, 0.6) is 0 Å². The van der Waals surface area contributed by atoms with E-state index >= 15 is 0 Å². The fourth-order valence-corrected chi connectivity index (χ4v) is 4.38. The van der Waals surface area contributed by atoms with Crippen LogP contribution in [0.2, 0.25) is 18.1 Å². The first-order valence-electron chi connectivity index (χ1n) is 10.3. The van der Waals surface area contributed by atoms with Crippen molar-refractivity contribution < 1.29 is 28.1 Å². The average molecular weight is 425 g/mol. The average Bonchev–Trinajstić information content (AvgIpc) is 3.07. The van der Waals surface area contributed by atoms with E-state index in [2.05, 4.69) is 33.9 Å². The van der Waals surface area contributed by atoms with Gasteiger partial charge in [-0.25, -0.2) is 0 Å². The van der Waals surface area contributed by atoms with Crippen molar-refractivity contribution in [3.05, 3.63) is 35.9 Å². The van der Waals surface area contributed by atoms with Gasteiger partial charge in [-0.1, -0.05) is 51.1 Å². The molecule has 0 aliphatic carbocycles. The van der Waals surface area contributed by atoms with Crippen molar-refractivity contribution in [1.29, 1.82) is 0 Å². The Balaban J connectivity index is 1.81. The Labute approximate surface area is 175 Å². The van der Waals surface area contributed by atoms with Crippen molar-refractivity contribution in [1.82, 2.24) is 0 Å². The van der Waals surface area contributed by atoms with Crippen molar-refractivity contribution in [2.45, 2.75) is 89.4 Å². The van der Waals surface area contributed by atoms with Gasteiger partial charge < -0.3 is 28.1 Å². The minimum Gasteiger partial charge on any atom is -0.411 e. The number of benzene rings is 1. The van der Waals surface area contributed by atoms with Gasteiger partial charge >= 0.3 is 0 Å². The molecular weight excluding hydrogens is 388 g/mol. The summed E-state index contributed by atoms with van der Waals surface area (Å²) in [4.78, 5) is 0. The highest BCUT2D eigenvalue weighted by atomic mass is 28.4. The maximum atomic E-state index is 6.47. The molecule has 0 spiro atoms. The summed E-state index contributed by atoms with van der Waals surface area (Å²) in [5, 5.41) is 0.0752. The van der Waals surface area contributed by atoms with Gasteiger partial charge in [-0.2, -0.15) is 0 Å². The molecule has 0 N–H and O–H groups in total. The monoisotopic (exact) mass is 424 g/mol. The quantitative estimate of drug-likeness (QED) is 0.603. The standard InChI is InChI=1S/C22H36O6Si/c1-20(2,3)29(7,8)25-15-22(23-6)18(24-14-16-12-10-9-11-13-16)17-19(28-22)27-21(4,5)26-17/h9-13,17-19H,14-15H2,1-8H3/t17-,18+,19+,22?/m1/s1. The zero-order valence-corrected chi connectivity index (χ0v) is 20.0. The molecule has 2 saturated heterocycles. The van der Waals surface area contributed by atoms with E-state index in [-0.39, 0.29) is 11.6 Å². The van der Waals surface area contributed by atoms with Crippen LogP contribution in [0, 0.1) is 0 Å². The Bertz CT molecular complexity index is 686. The highest BCUT2D eigenvalue weighted by molar-refractivity contribution is 6.74. The third kappa shape index (κ3) is 4.77. The van der Waals surface area contributed by atoms with Gasteiger partial charge in [0.15, 0.2) is 20.4 Å². The molecule has 2 heterocycles. The van der Waals surface area contributed by atoms with Crippen LogP contribution in [-0.4, -0.2) is 52.1 Å². The van der Waals surface area contributed by atoms with Crippen molar-refractivity contribution in [2.75, 3.05) is 13.7 Å². The van der Waals surface area contributed by atoms with E-state index in [0.29, 0.717) is 6.61 Å². The number of rotatable bonds is 7. The van der Waals surface area contributed by atoms with E-state index in [1.54, 1.807) is 7.11 Å². The number of fused-ring (bicyclic) bond motifs is 1. The molecule has 6 nitrogen and oxygen atoms in total. The molecule has 3 rings (SSSR count). The van der Waals surface area contributed by atoms with Gasteiger partial charge in [0.2, 0.25) is 5.79 Å². The number of methoxy groups -OCH3 is 1. The van der Waals surface area contributed by atoms with Gasteiger partial charge in [0.25, 0.3) is 0 Å². The van der Waals surface area contributed by atoms with E-state index in [1.807, 2.05) is 44.2 Å². The second-order valence-electron chi connectivity index (χ2n) is 9.87. The summed E-state index contributed by atoms with van der Waals surface area (Å²) in [6.45, 7) is 15.5. The maximum absolute atomic E-state index is 6.47. The molecule has 1 aromatic carbocycles. The van der Waals surface area contributed by atoms with E-state index in [1.165, 1.54) is 0 Å². The van der Waals surface area contributed by atoms with Gasteiger partial charge in [-0.05, 0) is 37.5 Å². The molecule has 164 valence electrons. The Morgan fingerprint density at radius 3 is 2.28 bits per heavy atom. The molecule has 0 aromatic heterocycles. The summed E-state index contributed by atoms with van der Waals surface area (Å²) in [6, 6.07) is 10.0. The lowest BCUT2D eigenvalue weighted by Crippen LogP contribution is -2.54. The van der Waals surface area contributed by atoms with Gasteiger partial charge in [0.05, 0.1) is 13.2 Å². The Kier molecular flexibility index (Phi) is 6.34. The number of hydrogen-bond donors (Lipinski definition) is 0. The summed E-state index contributed by atoms with van der Waals surface area (Å²) < 4.78 is 37.1. The molecule has 0 bridgehead atoms. The SMILES string of the molecule is COC1(CO[Si](C)(C)C(C)(C)C)O[C@@H]2OC(C)(C)O[C@@H]2[C@@H]1OCc1ccccc1. The second-order valence-corrected chi connectivity index (χ2v) is 14.7. The Morgan fingerprint density at radius 2 is 1.69 bits per heavy atom. The fourth-order valence-electron chi connectivity index (χ4n) is 3.39. The third-order valence-electron chi connectivity index (χ3n) is 6.19. The van der Waals surface area contributed by atoms with Crippen molar-refractivity contribution in [3.63, 3.8) is 0 Å². The zero-order valence-electron chi connectivity index (χ0n) is 19.0. The topological polar surface area (TPSA) is 55.4 Å². The molecule has 2 aliphatic rings. The van der Waals surface area contributed by atoms with E-state index in [0.717, 1.165) is 5.56 Å². The Morgan fingerprint density at radius 1 is 1.03 bits per heavy atom. The fraction of sp³-hybridized carbons (Fsp3) is 0.727. The summed E-state index contributed by atoms with van der Waals surface area (Å²) >= 11 is 0. The minimum atomic E-state index is -2.01. The lowest BCUT2D eigenvalue weighted by atomic mass is 10.1. The molecular formula is C22H36O6Si. The molecule has 0 saturated carbocycles. The normalized spacial score (nSPS) is 31.8. The van der Waals surface area contributed by atoms with Crippen LogP contribution in [0.15, 0.2) is 30.3 Å². The predicted molar refractivity (Wildman–Crippen MR) is 113 cm³/mol. The van der Waals surface area contributed by atoms with Gasteiger partial charge in [0.1, 0.15) is 12.2 Å². The van der Waals surface area contributed by atoms with E-state index in [4.69, 9.17) is 28.1 Å². The molecule has 0 radical (unpaired) electrons.